The third kappa shape index (κ3) is 7.35. The van der Waals surface area contributed by atoms with Crippen LogP contribution >= 0.6 is 0 Å². The summed E-state index contributed by atoms with van der Waals surface area (Å²) in [6.45, 7) is 7.87. The first-order valence-electron chi connectivity index (χ1n) is 5.72. The Morgan fingerprint density at radius 1 is 1.40 bits per heavy atom. The predicted molar refractivity (Wildman–Crippen MR) is 62.6 cm³/mol. The van der Waals surface area contributed by atoms with Gasteiger partial charge in [-0.3, -0.25) is 0 Å². The van der Waals surface area contributed by atoms with Gasteiger partial charge in [0.15, 0.2) is 0 Å². The number of ether oxygens (including phenoxy) is 1. The van der Waals surface area contributed by atoms with Crippen molar-refractivity contribution in [2.75, 3.05) is 20.3 Å². The van der Waals surface area contributed by atoms with Gasteiger partial charge in [0.1, 0.15) is 5.54 Å². The molecule has 0 aliphatic heterocycles. The molecule has 1 unspecified atom stereocenters. The lowest BCUT2D eigenvalue weighted by atomic mass is 9.97. The monoisotopic (exact) mass is 212 g/mol. The minimum absolute atomic E-state index is 0.377. The van der Waals surface area contributed by atoms with E-state index in [-0.39, 0.29) is 5.54 Å². The summed E-state index contributed by atoms with van der Waals surface area (Å²) in [7, 11) is 1.83. The van der Waals surface area contributed by atoms with Crippen LogP contribution in [-0.2, 0) is 4.74 Å². The molecule has 0 fully saturated rings. The maximum atomic E-state index is 8.92. The molecule has 0 saturated heterocycles. The second-order valence-electron chi connectivity index (χ2n) is 4.62. The zero-order chi connectivity index (χ0) is 11.7. The average molecular weight is 212 g/mol. The first kappa shape index (κ1) is 14.4. The molecule has 1 atom stereocenters. The Bertz CT molecular complexity index is 198. The third-order valence-corrected chi connectivity index (χ3v) is 2.47. The number of hydrogen-bond donors (Lipinski definition) is 1. The quantitative estimate of drug-likeness (QED) is 0.628. The van der Waals surface area contributed by atoms with E-state index in [1.807, 2.05) is 14.0 Å². The summed E-state index contributed by atoms with van der Waals surface area (Å²) in [4.78, 5) is 0. The fourth-order valence-corrected chi connectivity index (χ4v) is 1.24. The molecule has 88 valence electrons. The molecule has 0 spiro atoms. The molecule has 3 nitrogen and oxygen atoms in total. The summed E-state index contributed by atoms with van der Waals surface area (Å²) in [6, 6.07) is 2.29. The molecule has 0 heterocycles. The van der Waals surface area contributed by atoms with E-state index in [1.54, 1.807) is 0 Å². The molecule has 1 N–H and O–H groups in total. The van der Waals surface area contributed by atoms with Gasteiger partial charge in [0.25, 0.3) is 0 Å². The maximum absolute atomic E-state index is 8.92. The largest absolute Gasteiger partial charge is 0.381 e. The van der Waals surface area contributed by atoms with Crippen LogP contribution < -0.4 is 5.32 Å². The molecule has 3 heteroatoms. The number of hydrogen-bond acceptors (Lipinski definition) is 3. The third-order valence-electron chi connectivity index (χ3n) is 2.47. The number of nitrogens with zero attached hydrogens (tertiary/aromatic N) is 1. The summed E-state index contributed by atoms with van der Waals surface area (Å²) in [5.74, 6) is 0.603. The minimum Gasteiger partial charge on any atom is -0.381 e. The zero-order valence-corrected chi connectivity index (χ0v) is 10.5. The molecule has 0 aromatic heterocycles. The summed E-state index contributed by atoms with van der Waals surface area (Å²) >= 11 is 0. The lowest BCUT2D eigenvalue weighted by Gasteiger charge is -2.20. The second-order valence-corrected chi connectivity index (χ2v) is 4.62. The van der Waals surface area contributed by atoms with E-state index >= 15 is 0 Å². The lowest BCUT2D eigenvalue weighted by Crippen LogP contribution is -2.37. The van der Waals surface area contributed by atoms with Gasteiger partial charge in [-0.1, -0.05) is 13.8 Å². The van der Waals surface area contributed by atoms with Crippen LogP contribution in [0.4, 0.5) is 0 Å². The number of nitrogens with one attached hydrogen (secondary N) is 1. The number of rotatable bonds is 8. The molecular weight excluding hydrogens is 188 g/mol. The highest BCUT2D eigenvalue weighted by Gasteiger charge is 2.19. The first-order valence-corrected chi connectivity index (χ1v) is 5.72. The molecule has 0 aliphatic rings. The van der Waals surface area contributed by atoms with Gasteiger partial charge in [0.2, 0.25) is 0 Å². The van der Waals surface area contributed by atoms with Crippen LogP contribution in [0.5, 0.6) is 0 Å². The minimum atomic E-state index is -0.377. The van der Waals surface area contributed by atoms with E-state index in [0.29, 0.717) is 5.92 Å². The Morgan fingerprint density at radius 3 is 2.53 bits per heavy atom. The van der Waals surface area contributed by atoms with E-state index in [1.165, 1.54) is 0 Å². The van der Waals surface area contributed by atoms with Crippen LogP contribution in [0.3, 0.4) is 0 Å². The Kier molecular flexibility index (Phi) is 7.37. The van der Waals surface area contributed by atoms with Crippen molar-refractivity contribution in [2.45, 2.75) is 45.6 Å². The maximum Gasteiger partial charge on any atom is 0.103 e. The van der Waals surface area contributed by atoms with Crippen molar-refractivity contribution >= 4 is 0 Å². The molecule has 0 aliphatic carbocycles. The SMILES string of the molecule is CNC(C)(C#N)CCCCOCC(C)C. The second kappa shape index (κ2) is 7.67. The Balaban J connectivity index is 3.43. The van der Waals surface area contributed by atoms with Crippen LogP contribution in [0, 0.1) is 17.2 Å². The Labute approximate surface area is 93.8 Å². The number of unbranched alkanes of at least 4 members (excludes halogenated alkanes) is 1. The molecule has 0 saturated carbocycles. The van der Waals surface area contributed by atoms with Crippen molar-refractivity contribution in [3.8, 4) is 6.07 Å². The Hall–Kier alpha value is -0.590. The van der Waals surface area contributed by atoms with Crippen molar-refractivity contribution in [1.29, 1.82) is 5.26 Å². The first-order chi connectivity index (χ1) is 7.04. The van der Waals surface area contributed by atoms with Gasteiger partial charge >= 0.3 is 0 Å². The lowest BCUT2D eigenvalue weighted by molar-refractivity contribution is 0.105. The van der Waals surface area contributed by atoms with Gasteiger partial charge in [0.05, 0.1) is 6.07 Å². The summed E-state index contributed by atoms with van der Waals surface area (Å²) in [5, 5.41) is 12.0. The van der Waals surface area contributed by atoms with E-state index in [9.17, 15) is 0 Å². The van der Waals surface area contributed by atoms with Gasteiger partial charge in [-0.15, -0.1) is 0 Å². The van der Waals surface area contributed by atoms with Gasteiger partial charge in [0, 0.05) is 13.2 Å². The molecule has 15 heavy (non-hydrogen) atoms. The van der Waals surface area contributed by atoms with Gasteiger partial charge in [-0.2, -0.15) is 5.26 Å². The van der Waals surface area contributed by atoms with Crippen molar-refractivity contribution in [2.24, 2.45) is 5.92 Å². The molecule has 0 radical (unpaired) electrons. The van der Waals surface area contributed by atoms with Crippen LogP contribution in [0.15, 0.2) is 0 Å². The molecule has 0 bridgehead atoms. The molecule has 0 rings (SSSR count). The highest BCUT2D eigenvalue weighted by molar-refractivity contribution is 5.02. The smallest absolute Gasteiger partial charge is 0.103 e. The van der Waals surface area contributed by atoms with E-state index in [4.69, 9.17) is 10.00 Å². The van der Waals surface area contributed by atoms with Gasteiger partial charge < -0.3 is 10.1 Å². The zero-order valence-electron chi connectivity index (χ0n) is 10.5. The van der Waals surface area contributed by atoms with E-state index < -0.39 is 0 Å². The van der Waals surface area contributed by atoms with Crippen molar-refractivity contribution < 1.29 is 4.74 Å². The fourth-order valence-electron chi connectivity index (χ4n) is 1.24. The molecule has 0 aromatic carbocycles. The van der Waals surface area contributed by atoms with Crippen molar-refractivity contribution in [1.82, 2.24) is 5.32 Å². The van der Waals surface area contributed by atoms with E-state index in [2.05, 4.69) is 25.2 Å². The van der Waals surface area contributed by atoms with Gasteiger partial charge in [-0.25, -0.2) is 0 Å². The van der Waals surface area contributed by atoms with Gasteiger partial charge in [-0.05, 0) is 39.2 Å². The normalized spacial score (nSPS) is 14.9. The summed E-state index contributed by atoms with van der Waals surface area (Å²) in [5.41, 5.74) is -0.377. The van der Waals surface area contributed by atoms with Crippen molar-refractivity contribution in [3.63, 3.8) is 0 Å². The fraction of sp³-hybridized carbons (Fsp3) is 0.917. The summed E-state index contributed by atoms with van der Waals surface area (Å²) in [6.07, 6.45) is 2.94. The highest BCUT2D eigenvalue weighted by Crippen LogP contribution is 2.12. The van der Waals surface area contributed by atoms with Crippen LogP contribution in [0.25, 0.3) is 0 Å². The van der Waals surface area contributed by atoms with Crippen molar-refractivity contribution in [3.05, 3.63) is 0 Å². The average Bonchev–Trinajstić information content (AvgIpc) is 2.22. The van der Waals surface area contributed by atoms with Crippen LogP contribution in [-0.4, -0.2) is 25.8 Å². The van der Waals surface area contributed by atoms with E-state index in [0.717, 1.165) is 32.5 Å². The predicted octanol–water partition coefficient (Wildman–Crippen LogP) is 2.33. The van der Waals surface area contributed by atoms with Crippen LogP contribution in [0.2, 0.25) is 0 Å². The topological polar surface area (TPSA) is 45.0 Å². The number of nitriles is 1. The van der Waals surface area contributed by atoms with Crippen LogP contribution in [0.1, 0.15) is 40.0 Å². The molecule has 0 amide bonds. The molecule has 0 aromatic rings. The highest BCUT2D eigenvalue weighted by atomic mass is 16.5. The standard InChI is InChI=1S/C12H24N2O/c1-11(2)9-15-8-6-5-7-12(3,10-13)14-4/h11,14H,5-9H2,1-4H3. The molecular formula is C12H24N2O. The Morgan fingerprint density at radius 2 is 2.07 bits per heavy atom. The summed E-state index contributed by atoms with van der Waals surface area (Å²) < 4.78 is 5.47.